The van der Waals surface area contributed by atoms with Crippen molar-refractivity contribution in [2.45, 2.75) is 31.1 Å². The number of likely N-dealkylation sites (N-methyl/N-ethyl adjacent to an activating group) is 1. The van der Waals surface area contributed by atoms with E-state index in [1.165, 1.54) is 0 Å². The number of aryl methyl sites for hydroxylation is 1. The minimum Gasteiger partial charge on any atom is -0.360 e. The molecule has 0 saturated carbocycles. The number of hydrogen-bond acceptors (Lipinski definition) is 6. The van der Waals surface area contributed by atoms with Crippen LogP contribution in [0.5, 0.6) is 0 Å². The molecule has 0 spiro atoms. The van der Waals surface area contributed by atoms with Gasteiger partial charge in [0.2, 0.25) is 5.95 Å². The predicted molar refractivity (Wildman–Crippen MR) is 133 cm³/mol. The van der Waals surface area contributed by atoms with Crippen LogP contribution in [0.3, 0.4) is 0 Å². The zero-order valence-electron chi connectivity index (χ0n) is 20.2. The number of aromatic amines is 1. The summed E-state index contributed by atoms with van der Waals surface area (Å²) in [6, 6.07) is 5.13. The molecule has 2 heterocycles. The van der Waals surface area contributed by atoms with E-state index in [-0.39, 0.29) is 17.7 Å². The Kier molecular flexibility index (Phi) is 6.72. The summed E-state index contributed by atoms with van der Waals surface area (Å²) >= 11 is 0. The fraction of sp³-hybridized carbons (Fsp3) is 0.360. The number of nitrogens with one attached hydrogen (secondary N) is 3. The summed E-state index contributed by atoms with van der Waals surface area (Å²) in [4.78, 5) is 13.4. The molecule has 0 radical (unpaired) electrons. The van der Waals surface area contributed by atoms with Crippen molar-refractivity contribution in [1.82, 2.24) is 25.2 Å². The fourth-order valence-corrected chi connectivity index (χ4v) is 4.35. The zero-order valence-corrected chi connectivity index (χ0v) is 20.2. The van der Waals surface area contributed by atoms with Crippen LogP contribution in [0, 0.1) is 6.92 Å². The fourth-order valence-electron chi connectivity index (χ4n) is 4.35. The molecule has 2 aromatic heterocycles. The molecule has 2 atom stereocenters. The monoisotopic (exact) mass is 485 g/mol. The first-order valence-electron chi connectivity index (χ1n) is 11.3. The number of hydrogen-bond donors (Lipinski definition) is 4. The molecule has 5 N–H and O–H groups in total. The van der Waals surface area contributed by atoms with Crippen LogP contribution < -0.4 is 16.4 Å². The highest BCUT2D eigenvalue weighted by atomic mass is 19.4. The topological polar surface area (TPSA) is 94.9 Å². The Labute approximate surface area is 202 Å². The molecule has 10 heteroatoms. The molecule has 2 unspecified atom stereocenters. The second-order valence-electron chi connectivity index (χ2n) is 9.10. The Morgan fingerprint density at radius 2 is 2.03 bits per heavy atom. The van der Waals surface area contributed by atoms with Gasteiger partial charge in [0.05, 0.1) is 11.2 Å². The lowest BCUT2D eigenvalue weighted by Gasteiger charge is -2.38. The van der Waals surface area contributed by atoms with E-state index in [2.05, 4.69) is 30.5 Å². The average Bonchev–Trinajstić information content (AvgIpc) is 3.23. The summed E-state index contributed by atoms with van der Waals surface area (Å²) in [5.41, 5.74) is 7.66. The van der Waals surface area contributed by atoms with Gasteiger partial charge in [-0.3, -0.25) is 0 Å². The van der Waals surface area contributed by atoms with E-state index in [4.69, 9.17) is 5.73 Å². The van der Waals surface area contributed by atoms with Crippen LogP contribution in [-0.4, -0.2) is 59.1 Å². The van der Waals surface area contributed by atoms with Crippen molar-refractivity contribution in [3.63, 3.8) is 0 Å². The molecule has 0 saturated heterocycles. The predicted octanol–water partition coefficient (Wildman–Crippen LogP) is 4.05. The number of aromatic nitrogens is 3. The lowest BCUT2D eigenvalue weighted by atomic mass is 9.83. The lowest BCUT2D eigenvalue weighted by Crippen LogP contribution is -2.57. The smallest absolute Gasteiger partial charge is 0.360 e. The lowest BCUT2D eigenvalue weighted by molar-refractivity contribution is -0.137. The normalized spacial score (nSPS) is 20.5. The van der Waals surface area contributed by atoms with E-state index in [1.54, 1.807) is 12.3 Å². The Balaban J connectivity index is 1.68. The summed E-state index contributed by atoms with van der Waals surface area (Å²) in [5, 5.41) is 7.01. The first-order chi connectivity index (χ1) is 16.5. The highest BCUT2D eigenvalue weighted by molar-refractivity contribution is 5.97. The molecule has 1 aromatic carbocycles. The number of nitrogens with zero attached hydrogens (tertiary/aromatic N) is 3. The molecule has 7 nitrogen and oxygen atoms in total. The van der Waals surface area contributed by atoms with Crippen molar-refractivity contribution in [1.29, 1.82) is 0 Å². The molecule has 0 fully saturated rings. The van der Waals surface area contributed by atoms with Crippen LogP contribution in [-0.2, 0) is 6.18 Å². The molecule has 186 valence electrons. The van der Waals surface area contributed by atoms with Gasteiger partial charge in [-0.05, 0) is 58.7 Å². The van der Waals surface area contributed by atoms with E-state index in [1.807, 2.05) is 58.4 Å². The van der Waals surface area contributed by atoms with Crippen LogP contribution in [0.2, 0.25) is 0 Å². The van der Waals surface area contributed by atoms with E-state index in [0.717, 1.165) is 30.2 Å². The van der Waals surface area contributed by atoms with Gasteiger partial charge in [0, 0.05) is 40.6 Å². The van der Waals surface area contributed by atoms with Gasteiger partial charge in [0.25, 0.3) is 0 Å². The van der Waals surface area contributed by atoms with Gasteiger partial charge in [0.15, 0.2) is 0 Å². The number of para-hydroxylation sites is 1. The quantitative estimate of drug-likeness (QED) is 0.403. The van der Waals surface area contributed by atoms with Gasteiger partial charge in [0.1, 0.15) is 5.56 Å². The first-order valence-corrected chi connectivity index (χ1v) is 11.3. The van der Waals surface area contributed by atoms with Crippen molar-refractivity contribution < 1.29 is 13.2 Å². The maximum atomic E-state index is 13.9. The standard InChI is InChI=1S/C25H30F3N7/c1-15-6-5-7-17-18(13-31-21(15)17)22-19(25(26,27)28)14-32-23(34-22)33-16-8-9-24(30-2,20(29)12-16)10-11-35(3)4/h5-9,12-14,20,30-31H,10-11,29H2,1-4H3,(H,32,33,34). The SMILES string of the molecule is CNC1(CCN(C)C)C=CC(Nc2ncc(C(F)(F)F)c(-c3c[nH]c4c(C)cccc34)n2)=CC1N. The number of allylic oxidation sites excluding steroid dienone is 1. The first kappa shape index (κ1) is 24.9. The number of alkyl halides is 3. The van der Waals surface area contributed by atoms with E-state index in [0.29, 0.717) is 16.6 Å². The third-order valence-corrected chi connectivity index (χ3v) is 6.48. The average molecular weight is 486 g/mol. The summed E-state index contributed by atoms with van der Waals surface area (Å²) < 4.78 is 41.6. The number of benzene rings is 1. The van der Waals surface area contributed by atoms with Gasteiger partial charge >= 0.3 is 6.18 Å². The second kappa shape index (κ2) is 9.44. The number of halogens is 3. The molecule has 0 amide bonds. The molecule has 4 rings (SSSR count). The van der Waals surface area contributed by atoms with Gasteiger partial charge in [-0.1, -0.05) is 24.3 Å². The van der Waals surface area contributed by atoms with Crippen molar-refractivity contribution in [3.05, 3.63) is 65.6 Å². The van der Waals surface area contributed by atoms with E-state index >= 15 is 0 Å². The third-order valence-electron chi connectivity index (χ3n) is 6.48. The van der Waals surface area contributed by atoms with Crippen LogP contribution in [0.15, 0.2) is 54.5 Å². The van der Waals surface area contributed by atoms with Crippen LogP contribution in [0.25, 0.3) is 22.2 Å². The maximum Gasteiger partial charge on any atom is 0.419 e. The Morgan fingerprint density at radius 3 is 2.69 bits per heavy atom. The highest BCUT2D eigenvalue weighted by Crippen LogP contribution is 2.39. The third kappa shape index (κ3) is 4.95. The van der Waals surface area contributed by atoms with Gasteiger partial charge in [-0.15, -0.1) is 0 Å². The molecule has 35 heavy (non-hydrogen) atoms. The summed E-state index contributed by atoms with van der Waals surface area (Å²) in [5.74, 6) is 0.0587. The van der Waals surface area contributed by atoms with E-state index in [9.17, 15) is 13.2 Å². The summed E-state index contributed by atoms with van der Waals surface area (Å²) in [6.07, 6.45) is 4.23. The summed E-state index contributed by atoms with van der Waals surface area (Å²) in [6.45, 7) is 2.74. The molecule has 1 aliphatic rings. The number of H-pyrrole nitrogens is 1. The Bertz CT molecular complexity index is 1280. The van der Waals surface area contributed by atoms with Crippen LogP contribution in [0.4, 0.5) is 19.1 Å². The molecular weight excluding hydrogens is 455 g/mol. The number of rotatable bonds is 7. The Hall–Kier alpha value is -3.21. The maximum absolute atomic E-state index is 13.9. The molecule has 0 aliphatic heterocycles. The van der Waals surface area contributed by atoms with Gasteiger partial charge < -0.3 is 26.3 Å². The zero-order chi connectivity index (χ0) is 25.4. The van der Waals surface area contributed by atoms with Crippen molar-refractivity contribution in [3.8, 4) is 11.3 Å². The molecule has 1 aliphatic carbocycles. The molecule has 3 aromatic rings. The van der Waals surface area contributed by atoms with Crippen LogP contribution in [0.1, 0.15) is 17.5 Å². The second-order valence-corrected chi connectivity index (χ2v) is 9.10. The highest BCUT2D eigenvalue weighted by Gasteiger charge is 2.37. The van der Waals surface area contributed by atoms with Crippen molar-refractivity contribution in [2.24, 2.45) is 5.73 Å². The largest absolute Gasteiger partial charge is 0.419 e. The molecule has 0 bridgehead atoms. The Morgan fingerprint density at radius 1 is 1.26 bits per heavy atom. The van der Waals surface area contributed by atoms with E-state index < -0.39 is 17.3 Å². The number of anilines is 1. The van der Waals surface area contributed by atoms with Gasteiger partial charge in [-0.2, -0.15) is 13.2 Å². The minimum absolute atomic E-state index is 0.0587. The van der Waals surface area contributed by atoms with Crippen LogP contribution >= 0.6 is 0 Å². The van der Waals surface area contributed by atoms with Crippen molar-refractivity contribution in [2.75, 3.05) is 33.0 Å². The number of fused-ring (bicyclic) bond motifs is 1. The minimum atomic E-state index is -4.60. The van der Waals surface area contributed by atoms with Crippen molar-refractivity contribution >= 4 is 16.9 Å². The number of nitrogens with two attached hydrogens (primary N) is 1. The van der Waals surface area contributed by atoms with Gasteiger partial charge in [-0.25, -0.2) is 9.97 Å². The molecular formula is C25H30F3N7. The summed E-state index contributed by atoms with van der Waals surface area (Å²) in [7, 11) is 5.86.